The molecule has 1 aromatic rings. The number of ether oxygens (including phenoxy) is 3. The van der Waals surface area contributed by atoms with E-state index in [2.05, 4.69) is 0 Å². The maximum atomic E-state index is 13.1. The molecule has 0 radical (unpaired) electrons. The minimum absolute atomic E-state index is 0.0132. The van der Waals surface area contributed by atoms with Crippen LogP contribution in [-0.2, 0) is 23.8 Å². The van der Waals surface area contributed by atoms with Gasteiger partial charge in [0.15, 0.2) is 5.78 Å². The molecule has 2 N–H and O–H groups in total. The zero-order valence-electron chi connectivity index (χ0n) is 17.1. The number of Topliss-reactive ketones (excluding diaryl/α,β-unsaturated/α-hetero) is 1. The van der Waals surface area contributed by atoms with Gasteiger partial charge in [0.25, 0.3) is 5.69 Å². The molecule has 1 aromatic carbocycles. The Balaban J connectivity index is 2.13. The lowest BCUT2D eigenvalue weighted by atomic mass is 9.70. The first-order valence-corrected chi connectivity index (χ1v) is 9.49. The van der Waals surface area contributed by atoms with Crippen LogP contribution in [0.5, 0.6) is 0 Å². The molecule has 9 nitrogen and oxygen atoms in total. The van der Waals surface area contributed by atoms with Gasteiger partial charge >= 0.3 is 5.97 Å². The van der Waals surface area contributed by atoms with Crippen molar-refractivity contribution in [2.45, 2.75) is 32.6 Å². The van der Waals surface area contributed by atoms with Crippen LogP contribution in [0, 0.1) is 15.5 Å². The molecule has 1 aliphatic heterocycles. The number of benzene rings is 1. The number of methoxy groups -OCH3 is 1. The SMILES string of the molecule is COCCOC(=O)C1=C(N)OC2=C(C(=O)CC(C)(C)C2)[C@@H]1c1cccc([N+](=O)[O-])c1. The Labute approximate surface area is 173 Å². The molecule has 2 aliphatic rings. The van der Waals surface area contributed by atoms with E-state index in [9.17, 15) is 19.7 Å². The first-order chi connectivity index (χ1) is 14.1. The van der Waals surface area contributed by atoms with Gasteiger partial charge in [0, 0.05) is 37.7 Å². The van der Waals surface area contributed by atoms with E-state index in [1.54, 1.807) is 6.07 Å². The molecule has 0 amide bonds. The van der Waals surface area contributed by atoms with Crippen molar-refractivity contribution in [3.05, 3.63) is 62.7 Å². The maximum absolute atomic E-state index is 13.1. The van der Waals surface area contributed by atoms with Crippen molar-refractivity contribution in [3.63, 3.8) is 0 Å². The number of nitrogens with zero attached hydrogens (tertiary/aromatic N) is 1. The summed E-state index contributed by atoms with van der Waals surface area (Å²) in [5.74, 6) is -1.64. The molecule has 160 valence electrons. The molecule has 0 saturated carbocycles. The maximum Gasteiger partial charge on any atom is 0.340 e. The summed E-state index contributed by atoms with van der Waals surface area (Å²) in [7, 11) is 1.47. The molecular formula is C21H24N2O7. The number of hydrogen-bond donors (Lipinski definition) is 1. The quantitative estimate of drug-likeness (QED) is 0.324. The Bertz CT molecular complexity index is 962. The molecule has 0 bridgehead atoms. The smallest absolute Gasteiger partial charge is 0.340 e. The van der Waals surface area contributed by atoms with E-state index < -0.39 is 16.8 Å². The first kappa shape index (κ1) is 21.5. The van der Waals surface area contributed by atoms with E-state index in [-0.39, 0.29) is 48.0 Å². The fourth-order valence-electron chi connectivity index (χ4n) is 3.83. The van der Waals surface area contributed by atoms with Gasteiger partial charge in [-0.3, -0.25) is 14.9 Å². The number of hydrogen-bond acceptors (Lipinski definition) is 8. The molecule has 1 aliphatic carbocycles. The van der Waals surface area contributed by atoms with Crippen LogP contribution in [-0.4, -0.2) is 37.0 Å². The summed E-state index contributed by atoms with van der Waals surface area (Å²) in [5.41, 5.74) is 6.26. The predicted molar refractivity (Wildman–Crippen MR) is 106 cm³/mol. The van der Waals surface area contributed by atoms with Gasteiger partial charge < -0.3 is 19.9 Å². The number of esters is 1. The van der Waals surface area contributed by atoms with Crippen molar-refractivity contribution in [3.8, 4) is 0 Å². The second-order valence-corrected chi connectivity index (χ2v) is 8.07. The van der Waals surface area contributed by atoms with Gasteiger partial charge in [-0.1, -0.05) is 26.0 Å². The standard InChI is InChI=1S/C21H24N2O7/c1-21(2)10-14(24)17-15(11-21)30-19(22)18(20(25)29-8-7-28-3)16(17)12-5-4-6-13(9-12)23(26)27/h4-6,9,16H,7-8,10-11,22H2,1-3H3/t16-/m0/s1. The minimum atomic E-state index is -0.910. The Morgan fingerprint density at radius 1 is 1.33 bits per heavy atom. The summed E-state index contributed by atoms with van der Waals surface area (Å²) in [6.07, 6.45) is 0.707. The molecule has 9 heteroatoms. The van der Waals surface area contributed by atoms with E-state index in [1.807, 2.05) is 13.8 Å². The normalized spacial score (nSPS) is 20.5. The number of nitrogens with two attached hydrogens (primary N) is 1. The fraction of sp³-hybridized carbons (Fsp3) is 0.429. The third kappa shape index (κ3) is 4.20. The van der Waals surface area contributed by atoms with Crippen LogP contribution in [0.2, 0.25) is 0 Å². The molecule has 3 rings (SSSR count). The summed E-state index contributed by atoms with van der Waals surface area (Å²) in [5, 5.41) is 11.3. The Hall–Kier alpha value is -3.20. The van der Waals surface area contributed by atoms with Crippen molar-refractivity contribution in [2.24, 2.45) is 11.1 Å². The molecule has 0 spiro atoms. The number of allylic oxidation sites excluding steroid dienone is 2. The van der Waals surface area contributed by atoms with Crippen LogP contribution in [0.1, 0.15) is 38.2 Å². The van der Waals surface area contributed by atoms with Gasteiger partial charge in [-0.25, -0.2) is 4.79 Å². The molecule has 0 fully saturated rings. The van der Waals surface area contributed by atoms with E-state index in [0.29, 0.717) is 23.3 Å². The largest absolute Gasteiger partial charge is 0.460 e. The lowest BCUT2D eigenvalue weighted by Gasteiger charge is -2.37. The zero-order chi connectivity index (χ0) is 22.1. The van der Waals surface area contributed by atoms with Gasteiger partial charge in [-0.15, -0.1) is 0 Å². The molecule has 30 heavy (non-hydrogen) atoms. The molecular weight excluding hydrogens is 392 g/mol. The highest BCUT2D eigenvalue weighted by atomic mass is 16.6. The Morgan fingerprint density at radius 3 is 2.73 bits per heavy atom. The van der Waals surface area contributed by atoms with E-state index >= 15 is 0 Å². The highest BCUT2D eigenvalue weighted by Crippen LogP contribution is 2.48. The van der Waals surface area contributed by atoms with Crippen LogP contribution in [0.15, 0.2) is 47.1 Å². The minimum Gasteiger partial charge on any atom is -0.460 e. The molecule has 0 saturated heterocycles. The van der Waals surface area contributed by atoms with Crippen molar-refractivity contribution in [1.82, 2.24) is 0 Å². The molecule has 0 unspecified atom stereocenters. The van der Waals surface area contributed by atoms with Crippen molar-refractivity contribution in [2.75, 3.05) is 20.3 Å². The summed E-state index contributed by atoms with van der Waals surface area (Å²) in [4.78, 5) is 36.7. The molecule has 1 heterocycles. The van der Waals surface area contributed by atoms with Gasteiger partial charge in [0.1, 0.15) is 17.9 Å². The fourth-order valence-corrected chi connectivity index (χ4v) is 3.83. The monoisotopic (exact) mass is 416 g/mol. The molecule has 0 aromatic heterocycles. The van der Waals surface area contributed by atoms with Crippen molar-refractivity contribution < 1.29 is 28.7 Å². The summed E-state index contributed by atoms with van der Waals surface area (Å²) >= 11 is 0. The summed E-state index contributed by atoms with van der Waals surface area (Å²) in [6, 6.07) is 5.80. The molecule has 1 atom stereocenters. The van der Waals surface area contributed by atoms with Gasteiger partial charge in [0.05, 0.1) is 17.4 Å². The number of rotatable bonds is 6. The van der Waals surface area contributed by atoms with E-state index in [0.717, 1.165) is 0 Å². The van der Waals surface area contributed by atoms with Gasteiger partial charge in [0.2, 0.25) is 5.88 Å². The average Bonchev–Trinajstić information content (AvgIpc) is 2.66. The third-order valence-corrected chi connectivity index (χ3v) is 5.11. The number of carbonyl (C=O) groups excluding carboxylic acids is 2. The second kappa shape index (κ2) is 8.27. The number of non-ortho nitro benzene ring substituents is 1. The van der Waals surface area contributed by atoms with Crippen molar-refractivity contribution in [1.29, 1.82) is 0 Å². The number of nitro benzene ring substituents is 1. The Kier molecular flexibility index (Phi) is 5.93. The number of carbonyl (C=O) groups is 2. The van der Waals surface area contributed by atoms with Crippen molar-refractivity contribution >= 4 is 17.4 Å². The lowest BCUT2D eigenvalue weighted by molar-refractivity contribution is -0.384. The van der Waals surface area contributed by atoms with Crippen LogP contribution in [0.25, 0.3) is 0 Å². The second-order valence-electron chi connectivity index (χ2n) is 8.07. The van der Waals surface area contributed by atoms with E-state index in [4.69, 9.17) is 19.9 Å². The topological polar surface area (TPSA) is 131 Å². The van der Waals surface area contributed by atoms with Crippen LogP contribution in [0.4, 0.5) is 5.69 Å². The third-order valence-electron chi connectivity index (χ3n) is 5.11. The zero-order valence-corrected chi connectivity index (χ0v) is 17.1. The van der Waals surface area contributed by atoms with Crippen LogP contribution in [0.3, 0.4) is 0 Å². The van der Waals surface area contributed by atoms with Gasteiger partial charge in [-0.2, -0.15) is 0 Å². The highest BCUT2D eigenvalue weighted by molar-refractivity contribution is 6.03. The van der Waals surface area contributed by atoms with Gasteiger partial charge in [-0.05, 0) is 11.0 Å². The first-order valence-electron chi connectivity index (χ1n) is 9.49. The Morgan fingerprint density at radius 2 is 2.07 bits per heavy atom. The van der Waals surface area contributed by atoms with E-state index in [1.165, 1.54) is 25.3 Å². The lowest BCUT2D eigenvalue weighted by Crippen LogP contribution is -2.35. The number of ketones is 1. The predicted octanol–water partition coefficient (Wildman–Crippen LogP) is 2.71. The van der Waals surface area contributed by atoms with Crippen LogP contribution < -0.4 is 5.73 Å². The number of nitro groups is 1. The van der Waals surface area contributed by atoms with Crippen LogP contribution >= 0.6 is 0 Å². The summed E-state index contributed by atoms with van der Waals surface area (Å²) in [6.45, 7) is 4.05. The average molecular weight is 416 g/mol. The highest BCUT2D eigenvalue weighted by Gasteiger charge is 2.45. The summed E-state index contributed by atoms with van der Waals surface area (Å²) < 4.78 is 15.8.